The van der Waals surface area contributed by atoms with Crippen molar-refractivity contribution in [3.63, 3.8) is 0 Å². The zero-order chi connectivity index (χ0) is 10.8. The van der Waals surface area contributed by atoms with E-state index in [1.165, 1.54) is 12.8 Å². The summed E-state index contributed by atoms with van der Waals surface area (Å²) in [6.45, 7) is 3.83. The maximum absolute atomic E-state index is 11.7. The normalized spacial score (nSPS) is 19.1. The van der Waals surface area contributed by atoms with Gasteiger partial charge in [-0.25, -0.2) is 0 Å². The molecule has 0 heterocycles. The Balaban J connectivity index is 2.45. The summed E-state index contributed by atoms with van der Waals surface area (Å²) in [7, 11) is 0. The SMILES string of the molecule is CC(C(=O)NC(C)(CCl)CCl)C1CC1. The Morgan fingerprint density at radius 3 is 2.36 bits per heavy atom. The number of halogens is 2. The van der Waals surface area contributed by atoms with Gasteiger partial charge in [0.1, 0.15) is 0 Å². The molecule has 0 aromatic carbocycles. The molecule has 1 fully saturated rings. The average Bonchev–Trinajstić information content (AvgIpc) is 2.99. The monoisotopic (exact) mass is 237 g/mol. The molecule has 1 aliphatic carbocycles. The van der Waals surface area contributed by atoms with Crippen LogP contribution in [0.5, 0.6) is 0 Å². The molecule has 1 atom stereocenters. The standard InChI is InChI=1S/C10H17Cl2NO/c1-7(8-3-4-8)9(14)13-10(2,5-11)6-12/h7-8H,3-6H2,1-2H3,(H,13,14). The first-order chi connectivity index (χ1) is 6.52. The second-order valence-corrected chi connectivity index (χ2v) is 4.98. The molecule has 0 spiro atoms. The number of amides is 1. The third-order valence-corrected chi connectivity index (χ3v) is 3.94. The molecule has 0 aromatic rings. The van der Waals surface area contributed by atoms with Crippen molar-refractivity contribution in [2.75, 3.05) is 11.8 Å². The fourth-order valence-electron chi connectivity index (χ4n) is 1.32. The van der Waals surface area contributed by atoms with Crippen LogP contribution in [-0.2, 0) is 4.79 Å². The Labute approximate surface area is 95.3 Å². The molecule has 0 aliphatic heterocycles. The quantitative estimate of drug-likeness (QED) is 0.732. The van der Waals surface area contributed by atoms with Crippen molar-refractivity contribution in [3.05, 3.63) is 0 Å². The van der Waals surface area contributed by atoms with Gasteiger partial charge in [0.25, 0.3) is 0 Å². The van der Waals surface area contributed by atoms with Crippen LogP contribution < -0.4 is 5.32 Å². The predicted octanol–water partition coefficient (Wildman–Crippen LogP) is 2.39. The minimum atomic E-state index is -0.469. The summed E-state index contributed by atoms with van der Waals surface area (Å²) in [6, 6.07) is 0. The van der Waals surface area contributed by atoms with Crippen molar-refractivity contribution < 1.29 is 4.79 Å². The van der Waals surface area contributed by atoms with Gasteiger partial charge in [0, 0.05) is 17.7 Å². The van der Waals surface area contributed by atoms with Crippen LogP contribution in [0.2, 0.25) is 0 Å². The van der Waals surface area contributed by atoms with Crippen molar-refractivity contribution in [3.8, 4) is 0 Å². The number of carbonyl (C=O) groups is 1. The molecule has 1 saturated carbocycles. The molecule has 1 aliphatic rings. The molecule has 82 valence electrons. The lowest BCUT2D eigenvalue weighted by molar-refractivity contribution is -0.126. The van der Waals surface area contributed by atoms with Crippen LogP contribution in [-0.4, -0.2) is 23.2 Å². The molecular formula is C10H17Cl2NO. The molecule has 0 bridgehead atoms. The van der Waals surface area contributed by atoms with Gasteiger partial charge in [-0.1, -0.05) is 6.92 Å². The second-order valence-electron chi connectivity index (χ2n) is 4.44. The van der Waals surface area contributed by atoms with E-state index in [1.54, 1.807) is 0 Å². The average molecular weight is 238 g/mol. The van der Waals surface area contributed by atoms with E-state index in [2.05, 4.69) is 5.32 Å². The Morgan fingerprint density at radius 1 is 1.50 bits per heavy atom. The van der Waals surface area contributed by atoms with Crippen LogP contribution in [0.4, 0.5) is 0 Å². The second kappa shape index (κ2) is 4.71. The fourth-order valence-corrected chi connectivity index (χ4v) is 1.74. The number of hydrogen-bond acceptors (Lipinski definition) is 1. The Morgan fingerprint density at radius 2 is 2.00 bits per heavy atom. The number of carbonyl (C=O) groups excluding carboxylic acids is 1. The molecule has 0 saturated heterocycles. The first-order valence-corrected chi connectivity index (χ1v) is 6.03. The van der Waals surface area contributed by atoms with E-state index in [4.69, 9.17) is 23.2 Å². The maximum atomic E-state index is 11.7. The molecule has 0 aromatic heterocycles. The van der Waals surface area contributed by atoms with E-state index < -0.39 is 5.54 Å². The highest BCUT2D eigenvalue weighted by molar-refractivity contribution is 6.22. The Bertz CT molecular complexity index is 212. The topological polar surface area (TPSA) is 29.1 Å². The Kier molecular flexibility index (Phi) is 4.08. The van der Waals surface area contributed by atoms with E-state index >= 15 is 0 Å². The van der Waals surface area contributed by atoms with E-state index in [0.717, 1.165) is 0 Å². The number of hydrogen-bond donors (Lipinski definition) is 1. The number of nitrogens with one attached hydrogen (secondary N) is 1. The van der Waals surface area contributed by atoms with Crippen molar-refractivity contribution in [2.45, 2.75) is 32.2 Å². The van der Waals surface area contributed by atoms with Gasteiger partial charge < -0.3 is 5.32 Å². The minimum Gasteiger partial charge on any atom is -0.348 e. The van der Waals surface area contributed by atoms with Crippen molar-refractivity contribution >= 4 is 29.1 Å². The van der Waals surface area contributed by atoms with Gasteiger partial charge in [0.15, 0.2) is 0 Å². The zero-order valence-electron chi connectivity index (χ0n) is 8.65. The highest BCUT2D eigenvalue weighted by Crippen LogP contribution is 2.36. The van der Waals surface area contributed by atoms with Crippen LogP contribution in [0.3, 0.4) is 0 Å². The summed E-state index contributed by atoms with van der Waals surface area (Å²) in [6.07, 6.45) is 2.35. The van der Waals surface area contributed by atoms with E-state index in [0.29, 0.717) is 17.7 Å². The summed E-state index contributed by atoms with van der Waals surface area (Å²) in [5.74, 6) is 1.45. The van der Waals surface area contributed by atoms with Crippen molar-refractivity contribution in [1.29, 1.82) is 0 Å². The third kappa shape index (κ3) is 3.03. The number of alkyl halides is 2. The summed E-state index contributed by atoms with van der Waals surface area (Å²) in [4.78, 5) is 11.7. The van der Waals surface area contributed by atoms with Crippen molar-refractivity contribution in [1.82, 2.24) is 5.32 Å². The zero-order valence-corrected chi connectivity index (χ0v) is 10.2. The van der Waals surface area contributed by atoms with Crippen LogP contribution in [0.1, 0.15) is 26.7 Å². The largest absolute Gasteiger partial charge is 0.348 e. The molecule has 4 heteroatoms. The van der Waals surface area contributed by atoms with Gasteiger partial charge in [0.05, 0.1) is 5.54 Å². The lowest BCUT2D eigenvalue weighted by Gasteiger charge is -2.27. The summed E-state index contributed by atoms with van der Waals surface area (Å²) in [5.41, 5.74) is -0.469. The highest BCUT2D eigenvalue weighted by atomic mass is 35.5. The summed E-state index contributed by atoms with van der Waals surface area (Å²) >= 11 is 11.5. The smallest absolute Gasteiger partial charge is 0.223 e. The lowest BCUT2D eigenvalue weighted by atomic mass is 10.0. The van der Waals surface area contributed by atoms with Gasteiger partial charge in [-0.2, -0.15) is 0 Å². The summed E-state index contributed by atoms with van der Waals surface area (Å²) in [5, 5.41) is 2.91. The van der Waals surface area contributed by atoms with Crippen molar-refractivity contribution in [2.24, 2.45) is 11.8 Å². The van der Waals surface area contributed by atoms with Crippen LogP contribution in [0, 0.1) is 11.8 Å². The predicted molar refractivity (Wildman–Crippen MR) is 59.9 cm³/mol. The first kappa shape index (κ1) is 12.1. The molecule has 0 radical (unpaired) electrons. The van der Waals surface area contributed by atoms with Gasteiger partial charge in [0.2, 0.25) is 5.91 Å². The van der Waals surface area contributed by atoms with Gasteiger partial charge in [-0.05, 0) is 25.7 Å². The highest BCUT2D eigenvalue weighted by Gasteiger charge is 2.35. The van der Waals surface area contributed by atoms with Crippen LogP contribution >= 0.6 is 23.2 Å². The third-order valence-electron chi connectivity index (χ3n) is 2.76. The Hall–Kier alpha value is 0.0500. The molecular weight excluding hydrogens is 221 g/mol. The van der Waals surface area contributed by atoms with Gasteiger partial charge >= 0.3 is 0 Å². The maximum Gasteiger partial charge on any atom is 0.223 e. The van der Waals surface area contributed by atoms with Crippen LogP contribution in [0.25, 0.3) is 0 Å². The molecule has 1 rings (SSSR count). The number of rotatable bonds is 5. The van der Waals surface area contributed by atoms with E-state index in [-0.39, 0.29) is 11.8 Å². The molecule has 2 nitrogen and oxygen atoms in total. The first-order valence-electron chi connectivity index (χ1n) is 4.96. The fraction of sp³-hybridized carbons (Fsp3) is 0.900. The van der Waals surface area contributed by atoms with Crippen LogP contribution in [0.15, 0.2) is 0 Å². The minimum absolute atomic E-state index is 0.0799. The molecule has 1 amide bonds. The van der Waals surface area contributed by atoms with Gasteiger partial charge in [-0.15, -0.1) is 23.2 Å². The molecule has 1 N–H and O–H groups in total. The van der Waals surface area contributed by atoms with Gasteiger partial charge in [-0.3, -0.25) is 4.79 Å². The molecule has 1 unspecified atom stereocenters. The van der Waals surface area contributed by atoms with E-state index in [1.807, 2.05) is 13.8 Å². The summed E-state index contributed by atoms with van der Waals surface area (Å²) < 4.78 is 0. The van der Waals surface area contributed by atoms with E-state index in [9.17, 15) is 4.79 Å². The lowest BCUT2D eigenvalue weighted by Crippen LogP contribution is -2.51. The molecule has 14 heavy (non-hydrogen) atoms.